The van der Waals surface area contributed by atoms with E-state index in [1.807, 2.05) is 30.3 Å². The number of esters is 2. The first-order valence-electron chi connectivity index (χ1n) is 11.6. The Morgan fingerprint density at radius 1 is 1.17 bits per heavy atom. The average molecular weight is 503 g/mol. The highest BCUT2D eigenvalue weighted by Gasteiger charge is 2.55. The molecule has 3 aliphatic heterocycles. The van der Waals surface area contributed by atoms with Crippen LogP contribution < -0.4 is 5.32 Å². The van der Waals surface area contributed by atoms with Crippen molar-refractivity contribution >= 4 is 35.5 Å². The van der Waals surface area contributed by atoms with Crippen molar-refractivity contribution in [3.05, 3.63) is 47.2 Å². The van der Waals surface area contributed by atoms with Gasteiger partial charge in [-0.05, 0) is 44.7 Å². The van der Waals surface area contributed by atoms with Gasteiger partial charge in [-0.2, -0.15) is 0 Å². The molecule has 0 bridgehead atoms. The van der Waals surface area contributed by atoms with E-state index in [0.717, 1.165) is 18.4 Å². The number of amides is 2. The molecule has 2 fully saturated rings. The van der Waals surface area contributed by atoms with Crippen LogP contribution in [0.2, 0.25) is 0 Å². The van der Waals surface area contributed by atoms with E-state index in [1.54, 1.807) is 20.8 Å². The molecule has 0 spiro atoms. The molecule has 9 nitrogen and oxygen atoms in total. The van der Waals surface area contributed by atoms with Gasteiger partial charge in [-0.25, -0.2) is 4.79 Å². The molecule has 0 aliphatic carbocycles. The minimum atomic E-state index is -0.745. The lowest BCUT2D eigenvalue weighted by molar-refractivity contribution is -0.173. The Bertz CT molecular complexity index is 1030. The maximum atomic E-state index is 13.1. The van der Waals surface area contributed by atoms with E-state index in [1.165, 1.54) is 16.7 Å². The van der Waals surface area contributed by atoms with Crippen LogP contribution in [-0.2, 0) is 39.8 Å². The summed E-state index contributed by atoms with van der Waals surface area (Å²) in [4.78, 5) is 52.1. The first-order valence-corrected chi connectivity index (χ1v) is 12.7. The second kappa shape index (κ2) is 10.4. The van der Waals surface area contributed by atoms with E-state index in [9.17, 15) is 19.2 Å². The third-order valence-electron chi connectivity index (χ3n) is 6.03. The lowest BCUT2D eigenvalue weighted by Crippen LogP contribution is -2.71. The lowest BCUT2D eigenvalue weighted by atomic mass is 9.98. The number of ether oxygens (including phenoxy) is 3. The first-order chi connectivity index (χ1) is 16.7. The summed E-state index contributed by atoms with van der Waals surface area (Å²) < 4.78 is 16.1. The van der Waals surface area contributed by atoms with E-state index in [4.69, 9.17) is 14.2 Å². The van der Waals surface area contributed by atoms with Crippen LogP contribution in [0.25, 0.3) is 0 Å². The van der Waals surface area contributed by atoms with Gasteiger partial charge in [0.25, 0.3) is 5.91 Å². The number of thioether (sulfide) groups is 1. The summed E-state index contributed by atoms with van der Waals surface area (Å²) in [7, 11) is 0. The molecular formula is C25H30N2O7S. The Hall–Kier alpha value is -2.85. The molecule has 2 saturated heterocycles. The summed E-state index contributed by atoms with van der Waals surface area (Å²) >= 11 is 1.48. The summed E-state index contributed by atoms with van der Waals surface area (Å²) in [5.41, 5.74) is 0.934. The highest BCUT2D eigenvalue weighted by molar-refractivity contribution is 8.00. The van der Waals surface area contributed by atoms with Crippen molar-refractivity contribution in [1.29, 1.82) is 0 Å². The molecule has 10 heteroatoms. The number of β-lactam (4-membered cyclic amide) rings is 1. The van der Waals surface area contributed by atoms with E-state index in [0.29, 0.717) is 17.9 Å². The van der Waals surface area contributed by atoms with Crippen molar-refractivity contribution in [2.45, 2.75) is 57.6 Å². The number of rotatable bonds is 7. The van der Waals surface area contributed by atoms with Crippen molar-refractivity contribution in [2.24, 2.45) is 5.41 Å². The van der Waals surface area contributed by atoms with Crippen LogP contribution in [0.3, 0.4) is 0 Å². The van der Waals surface area contributed by atoms with Crippen molar-refractivity contribution < 1.29 is 33.4 Å². The zero-order valence-corrected chi connectivity index (χ0v) is 20.9. The number of benzene rings is 1. The number of carbonyl (C=O) groups excluding carboxylic acids is 4. The van der Waals surface area contributed by atoms with Gasteiger partial charge in [-0.15, -0.1) is 11.8 Å². The van der Waals surface area contributed by atoms with Crippen molar-refractivity contribution in [1.82, 2.24) is 10.2 Å². The minimum Gasteiger partial charge on any atom is -0.427 e. The zero-order valence-electron chi connectivity index (χ0n) is 20.1. The van der Waals surface area contributed by atoms with Gasteiger partial charge < -0.3 is 19.5 Å². The fourth-order valence-corrected chi connectivity index (χ4v) is 5.57. The maximum Gasteiger partial charge on any atom is 0.358 e. The topological polar surface area (TPSA) is 111 Å². The predicted octanol–water partition coefficient (Wildman–Crippen LogP) is 2.15. The largest absolute Gasteiger partial charge is 0.427 e. The number of nitrogens with one attached hydrogen (secondary N) is 1. The Morgan fingerprint density at radius 3 is 2.57 bits per heavy atom. The highest BCUT2D eigenvalue weighted by atomic mass is 32.2. The van der Waals surface area contributed by atoms with Crippen molar-refractivity contribution in [3.63, 3.8) is 0 Å². The van der Waals surface area contributed by atoms with Gasteiger partial charge in [-0.1, -0.05) is 30.3 Å². The lowest BCUT2D eigenvalue weighted by Gasteiger charge is -2.50. The fourth-order valence-electron chi connectivity index (χ4n) is 4.16. The average Bonchev–Trinajstić information content (AvgIpc) is 3.36. The summed E-state index contributed by atoms with van der Waals surface area (Å²) in [6.45, 7) is 5.13. The summed E-state index contributed by atoms with van der Waals surface area (Å²) in [5.74, 6) is -1.42. The van der Waals surface area contributed by atoms with Crippen LogP contribution in [0.4, 0.5) is 0 Å². The Kier molecular flexibility index (Phi) is 7.51. The summed E-state index contributed by atoms with van der Waals surface area (Å²) in [6.07, 6.45) is 1.49. The highest BCUT2D eigenvalue weighted by Crippen LogP contribution is 2.43. The van der Waals surface area contributed by atoms with Gasteiger partial charge in [0.1, 0.15) is 17.1 Å². The quantitative estimate of drug-likeness (QED) is 0.343. The van der Waals surface area contributed by atoms with Crippen LogP contribution in [0.15, 0.2) is 41.6 Å². The number of hydrogen-bond acceptors (Lipinski definition) is 8. The molecule has 3 heterocycles. The van der Waals surface area contributed by atoms with Crippen LogP contribution in [-0.4, -0.2) is 65.3 Å². The summed E-state index contributed by atoms with van der Waals surface area (Å²) in [5, 5.41) is 2.38. The van der Waals surface area contributed by atoms with Crippen LogP contribution in [0.1, 0.15) is 39.2 Å². The van der Waals surface area contributed by atoms with Crippen molar-refractivity contribution in [3.8, 4) is 0 Å². The normalized spacial score (nSPS) is 23.9. The van der Waals surface area contributed by atoms with Crippen molar-refractivity contribution in [2.75, 3.05) is 19.2 Å². The Morgan fingerprint density at radius 2 is 1.91 bits per heavy atom. The molecule has 4 rings (SSSR count). The van der Waals surface area contributed by atoms with Gasteiger partial charge in [0.2, 0.25) is 12.7 Å². The number of carbonyl (C=O) groups is 4. The number of nitrogens with zero attached hydrogens (tertiary/aromatic N) is 1. The Labute approximate surface area is 208 Å². The number of fused-ring (bicyclic) bond motifs is 1. The van der Waals surface area contributed by atoms with Gasteiger partial charge >= 0.3 is 11.9 Å². The number of hydrogen-bond donors (Lipinski definition) is 1. The molecule has 0 saturated carbocycles. The van der Waals surface area contributed by atoms with Gasteiger partial charge in [0, 0.05) is 12.4 Å². The molecule has 1 unspecified atom stereocenters. The van der Waals surface area contributed by atoms with E-state index in [2.05, 4.69) is 5.32 Å². The molecule has 0 aromatic heterocycles. The molecule has 1 aromatic carbocycles. The molecule has 1 aromatic rings. The zero-order chi connectivity index (χ0) is 25.2. The fraction of sp³-hybridized carbons (Fsp3) is 0.520. The molecular weight excluding hydrogens is 472 g/mol. The standard InChI is InChI=1S/C25H30N2O7S/c1-25(2,3)24(31)34-14-33-23(30)20-16(17-10-7-11-32-17)13-35-22-19(21(29)27(20)22)26-18(28)12-15-8-5-4-6-9-15/h4-6,8-9,17,19,22H,7,10-14H2,1-3H3,(H,26,28)/t17?,19-,22-/m1/s1. The molecule has 188 valence electrons. The molecule has 2 amide bonds. The second-order valence-electron chi connectivity index (χ2n) is 9.72. The molecule has 3 atom stereocenters. The van der Waals surface area contributed by atoms with Crippen LogP contribution in [0.5, 0.6) is 0 Å². The van der Waals surface area contributed by atoms with Crippen LogP contribution in [0, 0.1) is 5.41 Å². The Balaban J connectivity index is 1.45. The molecule has 0 radical (unpaired) electrons. The van der Waals surface area contributed by atoms with Gasteiger partial charge in [-0.3, -0.25) is 19.3 Å². The first kappa shape index (κ1) is 25.2. The smallest absolute Gasteiger partial charge is 0.358 e. The van der Waals surface area contributed by atoms with Gasteiger partial charge in [0.05, 0.1) is 17.9 Å². The third-order valence-corrected chi connectivity index (χ3v) is 7.33. The minimum absolute atomic E-state index is 0.131. The maximum absolute atomic E-state index is 13.1. The molecule has 1 N–H and O–H groups in total. The molecule has 3 aliphatic rings. The second-order valence-corrected chi connectivity index (χ2v) is 10.8. The SMILES string of the molecule is CC(C)(C)C(=O)OCOC(=O)C1=C(C2CCCO2)CS[C@@H]2[C@H](NC(=O)Cc3ccccc3)C(=O)N12. The predicted molar refractivity (Wildman–Crippen MR) is 128 cm³/mol. The summed E-state index contributed by atoms with van der Waals surface area (Å²) in [6, 6.07) is 8.54. The van der Waals surface area contributed by atoms with E-state index < -0.39 is 35.6 Å². The van der Waals surface area contributed by atoms with Gasteiger partial charge in [0.15, 0.2) is 0 Å². The molecule has 35 heavy (non-hydrogen) atoms. The third kappa shape index (κ3) is 5.54. The van der Waals surface area contributed by atoms with E-state index in [-0.39, 0.29) is 30.0 Å². The monoisotopic (exact) mass is 502 g/mol. The van der Waals surface area contributed by atoms with Crippen LogP contribution >= 0.6 is 11.8 Å². The van der Waals surface area contributed by atoms with E-state index >= 15 is 0 Å².